The summed E-state index contributed by atoms with van der Waals surface area (Å²) in [5.74, 6) is 1.07. The quantitative estimate of drug-likeness (QED) is 0.369. The highest BCUT2D eigenvalue weighted by Crippen LogP contribution is 2.28. The molecular weight excluding hydrogens is 438 g/mol. The molecule has 0 fully saturated rings. The minimum atomic E-state index is 0.503. The maximum atomic E-state index is 9.27. The van der Waals surface area contributed by atoms with Crippen LogP contribution >= 0.6 is 0 Å². The summed E-state index contributed by atoms with van der Waals surface area (Å²) in [5, 5.41) is 21.5. The molecule has 0 atom stereocenters. The molecule has 2 N–H and O–H groups in total. The van der Waals surface area contributed by atoms with Crippen molar-refractivity contribution in [3.8, 4) is 17.5 Å². The van der Waals surface area contributed by atoms with Crippen LogP contribution in [0.15, 0.2) is 91.6 Å². The van der Waals surface area contributed by atoms with Gasteiger partial charge in [-0.1, -0.05) is 12.1 Å². The van der Waals surface area contributed by atoms with Crippen molar-refractivity contribution < 1.29 is 0 Å². The van der Waals surface area contributed by atoms with Gasteiger partial charge in [0, 0.05) is 46.6 Å². The molecule has 0 bridgehead atoms. The average molecular weight is 455 g/mol. The molecule has 6 aromatic rings. The van der Waals surface area contributed by atoms with Gasteiger partial charge in [-0.3, -0.25) is 9.97 Å². The Morgan fingerprint density at radius 2 is 1.74 bits per heavy atom. The SMILES string of the molecule is N#Cc1ccc2nccc(Nc3cccc(-c4nc5ncc(Nc6ccncc6)cn5n4)c3)c2c1. The van der Waals surface area contributed by atoms with Crippen LogP contribution < -0.4 is 10.6 Å². The number of nitrogens with zero attached hydrogens (tertiary/aromatic N) is 7. The van der Waals surface area contributed by atoms with Crippen molar-refractivity contribution >= 4 is 39.4 Å². The first-order valence-corrected chi connectivity index (χ1v) is 10.8. The van der Waals surface area contributed by atoms with Gasteiger partial charge in [-0.2, -0.15) is 10.2 Å². The number of nitrogens with one attached hydrogen (secondary N) is 2. The van der Waals surface area contributed by atoms with E-state index in [1.54, 1.807) is 35.4 Å². The number of pyridine rings is 2. The van der Waals surface area contributed by atoms with Gasteiger partial charge in [0.15, 0.2) is 5.82 Å². The number of rotatable bonds is 5. The van der Waals surface area contributed by atoms with Crippen molar-refractivity contribution in [1.29, 1.82) is 5.26 Å². The van der Waals surface area contributed by atoms with Crippen LogP contribution in [0.5, 0.6) is 0 Å². The molecule has 4 heterocycles. The molecule has 0 saturated carbocycles. The summed E-state index contributed by atoms with van der Waals surface area (Å²) in [4.78, 5) is 17.4. The van der Waals surface area contributed by atoms with Crippen molar-refractivity contribution in [3.05, 3.63) is 97.2 Å². The number of hydrogen-bond acceptors (Lipinski definition) is 8. The van der Waals surface area contributed by atoms with E-state index >= 15 is 0 Å². The Kier molecular flexibility index (Phi) is 4.94. The number of fused-ring (bicyclic) bond motifs is 2. The fraction of sp³-hybridized carbons (Fsp3) is 0. The topological polar surface area (TPSA) is 117 Å². The van der Waals surface area contributed by atoms with Crippen LogP contribution in [0, 0.1) is 11.3 Å². The second-order valence-corrected chi connectivity index (χ2v) is 7.79. The molecule has 2 aromatic carbocycles. The van der Waals surface area contributed by atoms with Crippen molar-refractivity contribution in [2.75, 3.05) is 10.6 Å². The Bertz CT molecular complexity index is 1720. The van der Waals surface area contributed by atoms with Gasteiger partial charge in [-0.05, 0) is 48.5 Å². The monoisotopic (exact) mass is 455 g/mol. The lowest BCUT2D eigenvalue weighted by molar-refractivity contribution is 0.944. The first-order valence-electron chi connectivity index (χ1n) is 10.8. The molecule has 9 heteroatoms. The number of anilines is 4. The van der Waals surface area contributed by atoms with E-state index < -0.39 is 0 Å². The van der Waals surface area contributed by atoms with Crippen LogP contribution in [0.25, 0.3) is 28.1 Å². The summed E-state index contributed by atoms with van der Waals surface area (Å²) < 4.78 is 1.65. The van der Waals surface area contributed by atoms with E-state index in [0.717, 1.165) is 39.2 Å². The van der Waals surface area contributed by atoms with Gasteiger partial charge < -0.3 is 10.6 Å². The minimum absolute atomic E-state index is 0.503. The summed E-state index contributed by atoms with van der Waals surface area (Å²) in [5.41, 5.74) is 5.67. The van der Waals surface area contributed by atoms with E-state index in [9.17, 15) is 5.26 Å². The van der Waals surface area contributed by atoms with Crippen LogP contribution in [-0.2, 0) is 0 Å². The van der Waals surface area contributed by atoms with Crippen LogP contribution in [0.1, 0.15) is 5.56 Å². The van der Waals surface area contributed by atoms with Gasteiger partial charge in [0.1, 0.15) is 0 Å². The van der Waals surface area contributed by atoms with Crippen LogP contribution in [-0.4, -0.2) is 29.5 Å². The van der Waals surface area contributed by atoms with Crippen LogP contribution in [0.3, 0.4) is 0 Å². The predicted octanol–water partition coefficient (Wildman–Crippen LogP) is 5.09. The second-order valence-electron chi connectivity index (χ2n) is 7.79. The normalized spacial score (nSPS) is 10.8. The first kappa shape index (κ1) is 20.3. The molecular formula is C26H17N9. The lowest BCUT2D eigenvalue weighted by Crippen LogP contribution is -1.96. The fourth-order valence-electron chi connectivity index (χ4n) is 3.79. The summed E-state index contributed by atoms with van der Waals surface area (Å²) in [6.07, 6.45) is 8.75. The smallest absolute Gasteiger partial charge is 0.252 e. The predicted molar refractivity (Wildman–Crippen MR) is 133 cm³/mol. The summed E-state index contributed by atoms with van der Waals surface area (Å²) in [7, 11) is 0. The number of nitriles is 1. The Morgan fingerprint density at radius 3 is 2.63 bits per heavy atom. The molecule has 0 unspecified atom stereocenters. The third-order valence-electron chi connectivity index (χ3n) is 5.43. The van der Waals surface area contributed by atoms with Gasteiger partial charge in [0.05, 0.1) is 35.2 Å². The standard InChI is InChI=1S/C26H17N9/c27-14-17-4-5-23-22(12-17)24(8-11-29-23)32-20-3-1-2-18(13-20)25-33-26-30-15-21(16-35(26)34-25)31-19-6-9-28-10-7-19/h1-13,15-16H,(H,28,31)(H,29,32). The van der Waals surface area contributed by atoms with E-state index in [0.29, 0.717) is 17.2 Å². The van der Waals surface area contributed by atoms with E-state index in [1.807, 2.05) is 60.8 Å². The minimum Gasteiger partial charge on any atom is -0.355 e. The lowest BCUT2D eigenvalue weighted by Gasteiger charge is -2.10. The summed E-state index contributed by atoms with van der Waals surface area (Å²) in [6.45, 7) is 0. The molecule has 9 nitrogen and oxygen atoms in total. The first-order chi connectivity index (χ1) is 17.2. The summed E-state index contributed by atoms with van der Waals surface area (Å²) in [6, 6.07) is 21.1. The van der Waals surface area contributed by atoms with E-state index in [2.05, 4.69) is 41.7 Å². The molecule has 0 aliphatic rings. The maximum Gasteiger partial charge on any atom is 0.252 e. The van der Waals surface area contributed by atoms with Gasteiger partial charge >= 0.3 is 0 Å². The highest BCUT2D eigenvalue weighted by atomic mass is 15.3. The Morgan fingerprint density at radius 1 is 0.829 bits per heavy atom. The zero-order valence-corrected chi connectivity index (χ0v) is 18.3. The van der Waals surface area contributed by atoms with Crippen molar-refractivity contribution in [1.82, 2.24) is 29.5 Å². The molecule has 0 spiro atoms. The number of benzene rings is 2. The van der Waals surface area contributed by atoms with E-state index in [4.69, 9.17) is 0 Å². The average Bonchev–Trinajstić information content (AvgIpc) is 3.33. The third-order valence-corrected chi connectivity index (χ3v) is 5.43. The Hall–Kier alpha value is -5.36. The van der Waals surface area contributed by atoms with E-state index in [1.165, 1.54) is 0 Å². The molecule has 0 aliphatic heterocycles. The second kappa shape index (κ2) is 8.53. The Balaban J connectivity index is 1.30. The number of hydrogen-bond donors (Lipinski definition) is 2. The largest absolute Gasteiger partial charge is 0.355 e. The van der Waals surface area contributed by atoms with Crippen molar-refractivity contribution in [3.63, 3.8) is 0 Å². The van der Waals surface area contributed by atoms with Crippen LogP contribution in [0.2, 0.25) is 0 Å². The van der Waals surface area contributed by atoms with Gasteiger partial charge in [-0.25, -0.2) is 9.50 Å². The Labute approximate surface area is 199 Å². The molecule has 0 aliphatic carbocycles. The molecule has 166 valence electrons. The van der Waals surface area contributed by atoms with Crippen LogP contribution in [0.4, 0.5) is 22.7 Å². The van der Waals surface area contributed by atoms with Gasteiger partial charge in [0.2, 0.25) is 0 Å². The molecule has 0 radical (unpaired) electrons. The molecule has 0 saturated heterocycles. The van der Waals surface area contributed by atoms with Crippen molar-refractivity contribution in [2.45, 2.75) is 0 Å². The molecule has 6 rings (SSSR count). The fourth-order valence-corrected chi connectivity index (χ4v) is 3.79. The van der Waals surface area contributed by atoms with Gasteiger partial charge in [-0.15, -0.1) is 5.10 Å². The summed E-state index contributed by atoms with van der Waals surface area (Å²) >= 11 is 0. The highest BCUT2D eigenvalue weighted by Gasteiger charge is 2.10. The molecule has 4 aromatic heterocycles. The highest BCUT2D eigenvalue weighted by molar-refractivity contribution is 5.93. The number of aromatic nitrogens is 6. The zero-order chi connectivity index (χ0) is 23.6. The van der Waals surface area contributed by atoms with Crippen molar-refractivity contribution in [2.24, 2.45) is 0 Å². The molecule has 35 heavy (non-hydrogen) atoms. The lowest BCUT2D eigenvalue weighted by atomic mass is 10.1. The third kappa shape index (κ3) is 4.07. The molecule has 0 amide bonds. The maximum absolute atomic E-state index is 9.27. The van der Waals surface area contributed by atoms with E-state index in [-0.39, 0.29) is 0 Å². The zero-order valence-electron chi connectivity index (χ0n) is 18.3. The van der Waals surface area contributed by atoms with Gasteiger partial charge in [0.25, 0.3) is 5.78 Å².